The highest BCUT2D eigenvalue weighted by Crippen LogP contribution is 2.52. The van der Waals surface area contributed by atoms with Crippen molar-refractivity contribution in [1.82, 2.24) is 0 Å². The molecule has 1 aliphatic carbocycles. The number of hydrogen-bond donors (Lipinski definition) is 0. The molecule has 1 unspecified atom stereocenters. The van der Waals surface area contributed by atoms with Crippen LogP contribution in [0.5, 0.6) is 0 Å². The molecule has 2 aromatic rings. The SMILES string of the molecule is O=C(CC1(C(=O)CCC(F)(F)F)CC1)c1ccc(/C(F)=C/C(c2cc(Cl)c(Cl)c(Cl)c2)C(F)(F)F)cc1C(F)(F)F. The maximum atomic E-state index is 15.0. The Morgan fingerprint density at radius 1 is 0.902 bits per heavy atom. The zero-order valence-corrected chi connectivity index (χ0v) is 22.6. The van der Waals surface area contributed by atoms with Gasteiger partial charge in [-0.3, -0.25) is 9.59 Å². The van der Waals surface area contributed by atoms with Crippen molar-refractivity contribution in [2.45, 2.75) is 56.6 Å². The first-order valence-corrected chi connectivity index (χ1v) is 12.7. The van der Waals surface area contributed by atoms with Crippen molar-refractivity contribution >= 4 is 52.2 Å². The van der Waals surface area contributed by atoms with Gasteiger partial charge in [0.05, 0.1) is 27.1 Å². The molecule has 0 amide bonds. The van der Waals surface area contributed by atoms with Crippen LogP contribution in [0.4, 0.5) is 43.9 Å². The monoisotopic (exact) mass is 656 g/mol. The molecule has 0 aliphatic heterocycles. The Hall–Kier alpha value is -2.31. The summed E-state index contributed by atoms with van der Waals surface area (Å²) in [6.45, 7) is 0. The lowest BCUT2D eigenvalue weighted by Crippen LogP contribution is -2.23. The van der Waals surface area contributed by atoms with Crippen LogP contribution in [0, 0.1) is 5.41 Å². The quantitative estimate of drug-likeness (QED) is 0.153. The van der Waals surface area contributed by atoms with Crippen molar-refractivity contribution in [3.63, 3.8) is 0 Å². The minimum Gasteiger partial charge on any atom is -0.299 e. The van der Waals surface area contributed by atoms with Gasteiger partial charge in [0.2, 0.25) is 0 Å². The number of Topliss-reactive ketones (excluding diaryl/α,β-unsaturated/α-hetero) is 2. The molecule has 224 valence electrons. The lowest BCUT2D eigenvalue weighted by Gasteiger charge is -2.19. The number of ketones is 2. The summed E-state index contributed by atoms with van der Waals surface area (Å²) in [4.78, 5) is 25.1. The van der Waals surface area contributed by atoms with Crippen LogP contribution in [0.25, 0.3) is 5.83 Å². The topological polar surface area (TPSA) is 34.1 Å². The fourth-order valence-electron chi connectivity index (χ4n) is 4.18. The van der Waals surface area contributed by atoms with Gasteiger partial charge < -0.3 is 0 Å². The Bertz CT molecular complexity index is 1350. The number of allylic oxidation sites excluding steroid dienone is 1. The molecule has 2 nitrogen and oxygen atoms in total. The van der Waals surface area contributed by atoms with Crippen molar-refractivity contribution in [1.29, 1.82) is 0 Å². The predicted molar refractivity (Wildman–Crippen MR) is 132 cm³/mol. The van der Waals surface area contributed by atoms with Crippen molar-refractivity contribution in [3.05, 3.63) is 73.7 Å². The zero-order chi connectivity index (χ0) is 31.1. The first kappa shape index (κ1) is 33.2. The lowest BCUT2D eigenvalue weighted by atomic mass is 9.87. The molecular weight excluding hydrogens is 641 g/mol. The summed E-state index contributed by atoms with van der Waals surface area (Å²) < 4.78 is 135. The van der Waals surface area contributed by atoms with E-state index in [4.69, 9.17) is 34.8 Å². The molecule has 0 aromatic heterocycles. The predicted octanol–water partition coefficient (Wildman–Crippen LogP) is 10.6. The molecule has 1 aliphatic rings. The molecule has 2 aromatic carbocycles. The molecule has 0 bridgehead atoms. The van der Waals surface area contributed by atoms with E-state index < -0.39 is 88.8 Å². The van der Waals surface area contributed by atoms with E-state index >= 15 is 4.39 Å². The molecule has 1 atom stereocenters. The van der Waals surface area contributed by atoms with Gasteiger partial charge in [-0.05, 0) is 42.7 Å². The van der Waals surface area contributed by atoms with Gasteiger partial charge in [0.1, 0.15) is 17.5 Å². The summed E-state index contributed by atoms with van der Waals surface area (Å²) in [7, 11) is 0. The second kappa shape index (κ2) is 11.8. The number of carbonyl (C=O) groups excluding carboxylic acids is 2. The maximum absolute atomic E-state index is 15.0. The number of alkyl halides is 9. The smallest absolute Gasteiger partial charge is 0.299 e. The molecule has 0 spiro atoms. The van der Waals surface area contributed by atoms with Crippen LogP contribution in [0.1, 0.15) is 65.1 Å². The van der Waals surface area contributed by atoms with Crippen LogP contribution in [-0.2, 0) is 11.0 Å². The van der Waals surface area contributed by atoms with Crippen LogP contribution in [0.3, 0.4) is 0 Å². The summed E-state index contributed by atoms with van der Waals surface area (Å²) in [6.07, 6.45) is -18.3. The van der Waals surface area contributed by atoms with Gasteiger partial charge >= 0.3 is 18.5 Å². The van der Waals surface area contributed by atoms with Crippen LogP contribution in [-0.4, -0.2) is 23.9 Å². The minimum atomic E-state index is -5.28. The number of rotatable bonds is 9. The van der Waals surface area contributed by atoms with Crippen molar-refractivity contribution in [3.8, 4) is 0 Å². The summed E-state index contributed by atoms with van der Waals surface area (Å²) in [5.74, 6) is -6.57. The summed E-state index contributed by atoms with van der Waals surface area (Å²) >= 11 is 17.3. The third kappa shape index (κ3) is 8.16. The van der Waals surface area contributed by atoms with Gasteiger partial charge in [-0.1, -0.05) is 46.9 Å². The van der Waals surface area contributed by atoms with Gasteiger partial charge in [0.15, 0.2) is 5.78 Å². The average molecular weight is 658 g/mol. The van der Waals surface area contributed by atoms with Gasteiger partial charge in [-0.2, -0.15) is 39.5 Å². The number of hydrogen-bond acceptors (Lipinski definition) is 2. The van der Waals surface area contributed by atoms with E-state index in [1.54, 1.807) is 0 Å². The summed E-state index contributed by atoms with van der Waals surface area (Å²) in [5, 5.41) is -1.04. The third-order valence-electron chi connectivity index (χ3n) is 6.51. The number of benzene rings is 2. The minimum absolute atomic E-state index is 0.00376. The second-order valence-corrected chi connectivity index (χ2v) is 10.7. The Balaban J connectivity index is 1.96. The number of halogens is 13. The van der Waals surface area contributed by atoms with Crippen molar-refractivity contribution in [2.24, 2.45) is 5.41 Å². The molecule has 41 heavy (non-hydrogen) atoms. The fraction of sp³-hybridized carbons (Fsp3) is 0.385. The Labute approximate surface area is 241 Å². The highest BCUT2D eigenvalue weighted by atomic mass is 35.5. The van der Waals surface area contributed by atoms with Crippen LogP contribution < -0.4 is 0 Å². The zero-order valence-electron chi connectivity index (χ0n) is 20.3. The van der Waals surface area contributed by atoms with Crippen molar-refractivity contribution < 1.29 is 53.5 Å². The Kier molecular flexibility index (Phi) is 9.52. The van der Waals surface area contributed by atoms with E-state index in [9.17, 15) is 49.1 Å². The largest absolute Gasteiger partial charge is 0.417 e. The maximum Gasteiger partial charge on any atom is 0.417 e. The normalized spacial score (nSPS) is 16.5. The molecule has 0 saturated heterocycles. The third-order valence-corrected chi connectivity index (χ3v) is 7.71. The average Bonchev–Trinajstić information content (AvgIpc) is 3.62. The molecule has 0 heterocycles. The highest BCUT2D eigenvalue weighted by molar-refractivity contribution is 6.48. The van der Waals surface area contributed by atoms with Gasteiger partial charge in [-0.15, -0.1) is 0 Å². The first-order valence-electron chi connectivity index (χ1n) is 11.6. The number of carbonyl (C=O) groups is 2. The molecule has 3 rings (SSSR count). The van der Waals surface area contributed by atoms with Gasteiger partial charge in [-0.25, -0.2) is 4.39 Å². The lowest BCUT2D eigenvalue weighted by molar-refractivity contribution is -0.145. The molecule has 1 saturated carbocycles. The van der Waals surface area contributed by atoms with E-state index in [-0.39, 0.29) is 40.1 Å². The van der Waals surface area contributed by atoms with E-state index in [0.29, 0.717) is 12.1 Å². The summed E-state index contributed by atoms with van der Waals surface area (Å²) in [5.41, 5.74) is -5.83. The Morgan fingerprint density at radius 2 is 1.46 bits per heavy atom. The van der Waals surface area contributed by atoms with E-state index in [1.165, 1.54) is 0 Å². The molecule has 0 radical (unpaired) electrons. The Morgan fingerprint density at radius 3 is 1.93 bits per heavy atom. The molecule has 15 heteroatoms. The fourth-order valence-corrected chi connectivity index (χ4v) is 4.79. The van der Waals surface area contributed by atoms with E-state index in [0.717, 1.165) is 12.1 Å². The molecule has 1 fully saturated rings. The second-order valence-electron chi connectivity index (χ2n) is 9.51. The van der Waals surface area contributed by atoms with E-state index in [2.05, 4.69) is 0 Å². The highest BCUT2D eigenvalue weighted by Gasteiger charge is 2.51. The first-order chi connectivity index (χ1) is 18.6. The van der Waals surface area contributed by atoms with Gasteiger partial charge in [0.25, 0.3) is 0 Å². The molecule has 0 N–H and O–H groups in total. The standard InChI is InChI=1S/C26H17Cl3F10O2/c27-17-8-13(9-18(28)22(17)29)15(25(34,35)36)10-19(30)12-1-2-14(16(7-12)26(37,38)39)20(40)11-23(5-6-23)21(41)3-4-24(31,32)33/h1-2,7-10,15H,3-6,11H2/b19-10-. The van der Waals surface area contributed by atoms with Crippen LogP contribution >= 0.6 is 34.8 Å². The van der Waals surface area contributed by atoms with Gasteiger partial charge in [0, 0.05) is 29.4 Å². The van der Waals surface area contributed by atoms with E-state index in [1.807, 2.05) is 0 Å². The summed E-state index contributed by atoms with van der Waals surface area (Å²) in [6, 6.07) is 2.87. The van der Waals surface area contributed by atoms with Crippen molar-refractivity contribution in [2.75, 3.05) is 0 Å². The molecular formula is C26H17Cl3F10O2. The van der Waals surface area contributed by atoms with Crippen LogP contribution in [0.2, 0.25) is 15.1 Å². The van der Waals surface area contributed by atoms with Crippen LogP contribution in [0.15, 0.2) is 36.4 Å².